The van der Waals surface area contributed by atoms with E-state index < -0.39 is 17.0 Å². The van der Waals surface area contributed by atoms with Crippen LogP contribution in [0.4, 0.5) is 8.78 Å². The van der Waals surface area contributed by atoms with Gasteiger partial charge in [-0.1, -0.05) is 11.6 Å². The van der Waals surface area contributed by atoms with Gasteiger partial charge in [-0.25, -0.2) is 8.78 Å². The van der Waals surface area contributed by atoms with E-state index in [4.69, 9.17) is 23.2 Å². The van der Waals surface area contributed by atoms with Gasteiger partial charge >= 0.3 is 0 Å². The van der Waals surface area contributed by atoms with E-state index >= 15 is 0 Å². The Morgan fingerprint density at radius 1 is 1.11 bits per heavy atom. The molecule has 5 heteroatoms. The molecule has 2 rings (SSSR count). The zero-order chi connectivity index (χ0) is 13.4. The molecule has 1 heterocycles. The first-order valence-corrected chi connectivity index (χ1v) is 6.88. The number of aryl methyl sites for hydroxylation is 2. The van der Waals surface area contributed by atoms with Crippen LogP contribution in [0.1, 0.15) is 26.3 Å². The van der Waals surface area contributed by atoms with E-state index in [1.165, 1.54) is 11.3 Å². The van der Waals surface area contributed by atoms with Crippen molar-refractivity contribution >= 4 is 34.5 Å². The molecule has 0 nitrogen and oxygen atoms in total. The Hall–Kier alpha value is -0.640. The standard InChI is InChI=1S/C13H10Cl2F2S/c1-6-3-12(18-7(6)2)13(15)8-4-10(16)11(17)5-9(8)14/h3-5,13H,1-2H3. The molecule has 1 unspecified atom stereocenters. The average Bonchev–Trinajstić information content (AvgIpc) is 2.63. The summed E-state index contributed by atoms with van der Waals surface area (Å²) in [5.41, 5.74) is 1.51. The van der Waals surface area contributed by atoms with Gasteiger partial charge in [-0.05, 0) is 43.2 Å². The molecule has 0 aliphatic rings. The summed E-state index contributed by atoms with van der Waals surface area (Å²) in [5, 5.41) is -0.428. The maximum atomic E-state index is 13.2. The number of rotatable bonds is 2. The lowest BCUT2D eigenvalue weighted by atomic mass is 10.1. The van der Waals surface area contributed by atoms with Crippen LogP contribution in [0.3, 0.4) is 0 Å². The molecule has 0 N–H and O–H groups in total. The van der Waals surface area contributed by atoms with Crippen LogP contribution in [-0.4, -0.2) is 0 Å². The number of alkyl halides is 1. The summed E-state index contributed by atoms with van der Waals surface area (Å²) in [6.45, 7) is 3.96. The minimum Gasteiger partial charge on any atom is -0.204 e. The highest BCUT2D eigenvalue weighted by atomic mass is 35.5. The van der Waals surface area contributed by atoms with Gasteiger partial charge in [0.2, 0.25) is 0 Å². The predicted octanol–water partition coefficient (Wildman–Crippen LogP) is 5.62. The van der Waals surface area contributed by atoms with Gasteiger partial charge in [-0.15, -0.1) is 22.9 Å². The number of benzene rings is 1. The maximum Gasteiger partial charge on any atom is 0.160 e. The molecule has 2 aromatic rings. The smallest absolute Gasteiger partial charge is 0.160 e. The minimum absolute atomic E-state index is 0.137. The van der Waals surface area contributed by atoms with Gasteiger partial charge in [0, 0.05) is 14.8 Å². The Morgan fingerprint density at radius 2 is 1.72 bits per heavy atom. The van der Waals surface area contributed by atoms with Crippen molar-refractivity contribution in [3.8, 4) is 0 Å². The van der Waals surface area contributed by atoms with Gasteiger partial charge in [0.25, 0.3) is 0 Å². The van der Waals surface area contributed by atoms with Crippen molar-refractivity contribution in [1.82, 2.24) is 0 Å². The van der Waals surface area contributed by atoms with Crippen molar-refractivity contribution in [2.45, 2.75) is 19.2 Å². The molecule has 0 bridgehead atoms. The third-order valence-corrected chi connectivity index (χ3v) is 4.89. The molecule has 0 saturated heterocycles. The Bertz CT molecular complexity index is 573. The molecule has 1 atom stereocenters. The quantitative estimate of drug-likeness (QED) is 0.498. The van der Waals surface area contributed by atoms with Gasteiger partial charge in [-0.3, -0.25) is 0 Å². The van der Waals surface area contributed by atoms with Crippen molar-refractivity contribution in [3.05, 3.63) is 55.7 Å². The minimum atomic E-state index is -0.967. The highest BCUT2D eigenvalue weighted by molar-refractivity contribution is 7.12. The Morgan fingerprint density at radius 3 is 2.28 bits per heavy atom. The van der Waals surface area contributed by atoms with Crippen LogP contribution < -0.4 is 0 Å². The lowest BCUT2D eigenvalue weighted by Gasteiger charge is -2.10. The van der Waals surface area contributed by atoms with Crippen LogP contribution in [0.15, 0.2) is 18.2 Å². The highest BCUT2D eigenvalue weighted by Gasteiger charge is 2.19. The van der Waals surface area contributed by atoms with E-state index in [1.807, 2.05) is 19.9 Å². The number of halogens is 4. The zero-order valence-electron chi connectivity index (χ0n) is 9.73. The molecular formula is C13H10Cl2F2S. The van der Waals surface area contributed by atoms with Crippen LogP contribution in [0, 0.1) is 25.5 Å². The fourth-order valence-corrected chi connectivity index (χ4v) is 3.34. The molecule has 18 heavy (non-hydrogen) atoms. The fraction of sp³-hybridized carbons (Fsp3) is 0.231. The van der Waals surface area contributed by atoms with Gasteiger partial charge in [-0.2, -0.15) is 0 Å². The monoisotopic (exact) mass is 306 g/mol. The zero-order valence-corrected chi connectivity index (χ0v) is 12.1. The first-order chi connectivity index (χ1) is 8.40. The molecule has 0 saturated carbocycles. The van der Waals surface area contributed by atoms with Crippen molar-refractivity contribution in [2.75, 3.05) is 0 Å². The first-order valence-electron chi connectivity index (χ1n) is 5.25. The van der Waals surface area contributed by atoms with Crippen molar-refractivity contribution in [2.24, 2.45) is 0 Å². The largest absolute Gasteiger partial charge is 0.204 e. The SMILES string of the molecule is Cc1cc(C(Cl)c2cc(F)c(F)cc2Cl)sc1C. The molecule has 1 aromatic carbocycles. The lowest BCUT2D eigenvalue weighted by molar-refractivity contribution is 0.507. The Kier molecular flexibility index (Phi) is 3.95. The molecule has 0 amide bonds. The molecule has 1 aromatic heterocycles. The molecule has 0 aliphatic heterocycles. The third-order valence-electron chi connectivity index (χ3n) is 2.75. The van der Waals surface area contributed by atoms with Crippen LogP contribution in [0.25, 0.3) is 0 Å². The second kappa shape index (κ2) is 5.16. The topological polar surface area (TPSA) is 0 Å². The lowest BCUT2D eigenvalue weighted by Crippen LogP contribution is -1.95. The van der Waals surface area contributed by atoms with E-state index in [0.29, 0.717) is 5.56 Å². The molecule has 96 valence electrons. The van der Waals surface area contributed by atoms with Crippen molar-refractivity contribution < 1.29 is 8.78 Å². The fourth-order valence-electron chi connectivity index (χ4n) is 1.61. The molecule has 0 spiro atoms. The summed E-state index contributed by atoms with van der Waals surface area (Å²) in [5.74, 6) is -1.91. The van der Waals surface area contributed by atoms with Crippen molar-refractivity contribution in [1.29, 1.82) is 0 Å². The van der Waals surface area contributed by atoms with Crippen LogP contribution in [0.5, 0.6) is 0 Å². The van der Waals surface area contributed by atoms with Gasteiger partial charge in [0.1, 0.15) is 0 Å². The average molecular weight is 307 g/mol. The third kappa shape index (κ3) is 2.53. The van der Waals surface area contributed by atoms with Crippen LogP contribution >= 0.6 is 34.5 Å². The normalized spacial score (nSPS) is 12.8. The van der Waals surface area contributed by atoms with E-state index in [-0.39, 0.29) is 5.02 Å². The Balaban J connectivity index is 2.45. The summed E-state index contributed by atoms with van der Waals surface area (Å²) in [7, 11) is 0. The number of hydrogen-bond donors (Lipinski definition) is 0. The highest BCUT2D eigenvalue weighted by Crippen LogP contribution is 2.38. The summed E-state index contributed by atoms with van der Waals surface area (Å²) in [6, 6.07) is 3.95. The number of hydrogen-bond acceptors (Lipinski definition) is 1. The van der Waals surface area contributed by atoms with Crippen LogP contribution in [-0.2, 0) is 0 Å². The van der Waals surface area contributed by atoms with E-state index in [9.17, 15) is 8.78 Å². The van der Waals surface area contributed by atoms with Gasteiger partial charge in [0.05, 0.1) is 5.38 Å². The van der Waals surface area contributed by atoms with E-state index in [0.717, 1.165) is 27.5 Å². The summed E-state index contributed by atoms with van der Waals surface area (Å²) >= 11 is 13.7. The maximum absolute atomic E-state index is 13.2. The molecular weight excluding hydrogens is 297 g/mol. The second-order valence-electron chi connectivity index (χ2n) is 4.04. The van der Waals surface area contributed by atoms with Crippen LogP contribution in [0.2, 0.25) is 5.02 Å². The Labute approximate surface area is 118 Å². The van der Waals surface area contributed by atoms with Gasteiger partial charge < -0.3 is 0 Å². The van der Waals surface area contributed by atoms with E-state index in [2.05, 4.69) is 0 Å². The number of thiophene rings is 1. The molecule has 0 aliphatic carbocycles. The first kappa shape index (κ1) is 13.8. The van der Waals surface area contributed by atoms with Gasteiger partial charge in [0.15, 0.2) is 11.6 Å². The van der Waals surface area contributed by atoms with E-state index in [1.54, 1.807) is 0 Å². The predicted molar refractivity (Wildman–Crippen MR) is 72.9 cm³/mol. The summed E-state index contributed by atoms with van der Waals surface area (Å²) in [4.78, 5) is 2.02. The molecule has 0 radical (unpaired) electrons. The summed E-state index contributed by atoms with van der Waals surface area (Å²) < 4.78 is 26.2. The summed E-state index contributed by atoms with van der Waals surface area (Å²) in [6.07, 6.45) is 0. The van der Waals surface area contributed by atoms with Crippen molar-refractivity contribution in [3.63, 3.8) is 0 Å². The molecule has 0 fully saturated rings. The second-order valence-corrected chi connectivity index (χ2v) is 6.17.